The van der Waals surface area contributed by atoms with Crippen molar-refractivity contribution in [2.24, 2.45) is 11.7 Å². The van der Waals surface area contributed by atoms with Crippen LogP contribution in [0.4, 0.5) is 11.4 Å². The fourth-order valence-electron chi connectivity index (χ4n) is 4.43. The molecule has 6 heteroatoms. The van der Waals surface area contributed by atoms with Gasteiger partial charge < -0.3 is 20.4 Å². The molecular weight excluding hydrogens is 352 g/mol. The van der Waals surface area contributed by atoms with Gasteiger partial charge in [0, 0.05) is 19.6 Å². The number of hydrogen-bond acceptors (Lipinski definition) is 4. The summed E-state index contributed by atoms with van der Waals surface area (Å²) in [6, 6.07) is 6.62. The molecule has 1 aromatic rings. The topological polar surface area (TPSA) is 69.9 Å². The standard InChI is InChI=1S/C22H34N4O2/c1-3-24(4-2)14-15-25-18-12-8-9-13-19(18)26(22(28)20(23)21(25)27)16-17-10-6-5-7-11-17/h8-9,12-13,17,20H,3-7,10-11,14-16,23H2,1-2H3. The lowest BCUT2D eigenvalue weighted by atomic mass is 9.88. The third-order valence-corrected chi connectivity index (χ3v) is 6.23. The van der Waals surface area contributed by atoms with Crippen LogP contribution in [-0.4, -0.2) is 55.5 Å². The van der Waals surface area contributed by atoms with Crippen molar-refractivity contribution in [1.82, 2.24) is 4.90 Å². The zero-order chi connectivity index (χ0) is 20.1. The Morgan fingerprint density at radius 1 is 0.964 bits per heavy atom. The van der Waals surface area contributed by atoms with Crippen LogP contribution in [-0.2, 0) is 9.59 Å². The Morgan fingerprint density at radius 2 is 1.54 bits per heavy atom. The first-order chi connectivity index (χ1) is 13.6. The van der Waals surface area contributed by atoms with Crippen molar-refractivity contribution < 1.29 is 9.59 Å². The van der Waals surface area contributed by atoms with Gasteiger partial charge in [-0.05, 0) is 44.0 Å². The molecule has 1 aromatic carbocycles. The van der Waals surface area contributed by atoms with E-state index in [2.05, 4.69) is 18.7 Å². The number of rotatable bonds is 7. The number of carbonyl (C=O) groups is 2. The minimum atomic E-state index is -1.13. The highest BCUT2D eigenvalue weighted by molar-refractivity contribution is 6.20. The maximum Gasteiger partial charge on any atom is 0.253 e. The van der Waals surface area contributed by atoms with E-state index in [1.54, 1.807) is 9.80 Å². The van der Waals surface area contributed by atoms with Crippen molar-refractivity contribution in [3.8, 4) is 0 Å². The summed E-state index contributed by atoms with van der Waals surface area (Å²) in [7, 11) is 0. The molecule has 1 unspecified atom stereocenters. The number of hydrogen-bond donors (Lipinski definition) is 1. The maximum atomic E-state index is 13.1. The number of benzene rings is 1. The Kier molecular flexibility index (Phi) is 7.08. The molecule has 0 saturated heterocycles. The van der Waals surface area contributed by atoms with Crippen LogP contribution < -0.4 is 15.5 Å². The van der Waals surface area contributed by atoms with E-state index in [0.717, 1.165) is 43.9 Å². The molecule has 154 valence electrons. The highest BCUT2D eigenvalue weighted by atomic mass is 16.2. The van der Waals surface area contributed by atoms with E-state index in [1.807, 2.05) is 24.3 Å². The van der Waals surface area contributed by atoms with Crippen molar-refractivity contribution >= 4 is 23.2 Å². The van der Waals surface area contributed by atoms with Crippen LogP contribution >= 0.6 is 0 Å². The largest absolute Gasteiger partial charge is 0.312 e. The molecule has 28 heavy (non-hydrogen) atoms. The van der Waals surface area contributed by atoms with Crippen molar-refractivity contribution in [3.63, 3.8) is 0 Å². The van der Waals surface area contributed by atoms with Gasteiger partial charge in [-0.2, -0.15) is 0 Å². The number of carbonyl (C=O) groups excluding carboxylic acids is 2. The van der Waals surface area contributed by atoms with Gasteiger partial charge >= 0.3 is 0 Å². The van der Waals surface area contributed by atoms with Crippen molar-refractivity contribution in [1.29, 1.82) is 0 Å². The molecule has 0 spiro atoms. The molecule has 0 bridgehead atoms. The number of nitrogens with zero attached hydrogens (tertiary/aromatic N) is 3. The normalized spacial score (nSPS) is 21.2. The Bertz CT molecular complexity index is 683. The van der Waals surface area contributed by atoms with Crippen molar-refractivity contribution in [2.45, 2.75) is 52.0 Å². The number of para-hydroxylation sites is 2. The fraction of sp³-hybridized carbons (Fsp3) is 0.636. The van der Waals surface area contributed by atoms with Gasteiger partial charge in [0.2, 0.25) is 0 Å². The first-order valence-electron chi connectivity index (χ1n) is 10.8. The molecule has 6 nitrogen and oxygen atoms in total. The zero-order valence-corrected chi connectivity index (χ0v) is 17.3. The molecule has 1 saturated carbocycles. The van der Waals surface area contributed by atoms with Crippen LogP contribution in [0.3, 0.4) is 0 Å². The van der Waals surface area contributed by atoms with Gasteiger partial charge in [0.15, 0.2) is 6.04 Å². The lowest BCUT2D eigenvalue weighted by Crippen LogP contribution is -2.53. The van der Waals surface area contributed by atoms with Gasteiger partial charge in [-0.3, -0.25) is 9.59 Å². The fourth-order valence-corrected chi connectivity index (χ4v) is 4.43. The number of likely N-dealkylation sites (N-methyl/N-ethyl adjacent to an activating group) is 1. The zero-order valence-electron chi connectivity index (χ0n) is 17.3. The summed E-state index contributed by atoms with van der Waals surface area (Å²) in [6.07, 6.45) is 5.99. The number of anilines is 2. The van der Waals surface area contributed by atoms with E-state index in [1.165, 1.54) is 19.3 Å². The first-order valence-corrected chi connectivity index (χ1v) is 10.8. The van der Waals surface area contributed by atoms with E-state index in [0.29, 0.717) is 19.0 Å². The molecule has 1 aliphatic carbocycles. The lowest BCUT2D eigenvalue weighted by molar-refractivity contribution is -0.128. The predicted molar refractivity (Wildman–Crippen MR) is 113 cm³/mol. The second kappa shape index (κ2) is 9.52. The summed E-state index contributed by atoms with van der Waals surface area (Å²) in [5, 5.41) is 0. The molecule has 1 atom stereocenters. The predicted octanol–water partition coefficient (Wildman–Crippen LogP) is 2.62. The van der Waals surface area contributed by atoms with Crippen LogP contribution in [0.2, 0.25) is 0 Å². The lowest BCUT2D eigenvalue weighted by Gasteiger charge is -2.31. The van der Waals surface area contributed by atoms with Gasteiger partial charge in [0.25, 0.3) is 11.8 Å². The second-order valence-electron chi connectivity index (χ2n) is 7.94. The van der Waals surface area contributed by atoms with Gasteiger partial charge in [0.05, 0.1) is 11.4 Å². The highest BCUT2D eigenvalue weighted by Crippen LogP contribution is 2.35. The summed E-state index contributed by atoms with van der Waals surface area (Å²) in [4.78, 5) is 32.0. The minimum Gasteiger partial charge on any atom is -0.312 e. The molecule has 0 radical (unpaired) electrons. The summed E-state index contributed by atoms with van der Waals surface area (Å²) in [6.45, 7) is 8.04. The molecular formula is C22H34N4O2. The van der Waals surface area contributed by atoms with Crippen molar-refractivity contribution in [2.75, 3.05) is 42.5 Å². The van der Waals surface area contributed by atoms with Gasteiger partial charge in [-0.25, -0.2) is 0 Å². The van der Waals surface area contributed by atoms with Crippen LogP contribution in [0, 0.1) is 5.92 Å². The number of amides is 2. The minimum absolute atomic E-state index is 0.270. The van der Waals surface area contributed by atoms with E-state index in [9.17, 15) is 9.59 Å². The molecule has 0 aromatic heterocycles. The van der Waals surface area contributed by atoms with E-state index < -0.39 is 6.04 Å². The Labute approximate surface area is 168 Å². The number of nitrogens with two attached hydrogens (primary N) is 1. The Balaban J connectivity index is 1.90. The first kappa shape index (κ1) is 20.8. The summed E-state index contributed by atoms with van der Waals surface area (Å²) in [5.74, 6) is -0.0839. The van der Waals surface area contributed by atoms with Crippen LogP contribution in [0.5, 0.6) is 0 Å². The summed E-state index contributed by atoms with van der Waals surface area (Å²) >= 11 is 0. The average molecular weight is 387 g/mol. The SMILES string of the molecule is CCN(CC)CCN1C(=O)C(N)C(=O)N(CC2CCCCC2)c2ccccc21. The quantitative estimate of drug-likeness (QED) is 0.732. The highest BCUT2D eigenvalue weighted by Gasteiger charge is 2.38. The van der Waals surface area contributed by atoms with E-state index in [-0.39, 0.29) is 11.8 Å². The van der Waals surface area contributed by atoms with Crippen LogP contribution in [0.1, 0.15) is 46.0 Å². The second-order valence-corrected chi connectivity index (χ2v) is 7.94. The average Bonchev–Trinajstić information content (AvgIpc) is 2.81. The van der Waals surface area contributed by atoms with Gasteiger partial charge in [-0.1, -0.05) is 45.2 Å². The summed E-state index contributed by atoms with van der Waals surface area (Å²) < 4.78 is 0. The third-order valence-electron chi connectivity index (χ3n) is 6.23. The van der Waals surface area contributed by atoms with Crippen molar-refractivity contribution in [3.05, 3.63) is 24.3 Å². The maximum absolute atomic E-state index is 13.1. The Hall–Kier alpha value is -1.92. The monoisotopic (exact) mass is 386 g/mol. The van der Waals surface area contributed by atoms with Crippen LogP contribution in [0.15, 0.2) is 24.3 Å². The molecule has 2 amide bonds. The smallest absolute Gasteiger partial charge is 0.253 e. The molecule has 1 heterocycles. The third kappa shape index (κ3) is 4.39. The van der Waals surface area contributed by atoms with Gasteiger partial charge in [0.1, 0.15) is 0 Å². The molecule has 3 rings (SSSR count). The molecule has 2 aliphatic rings. The van der Waals surface area contributed by atoms with E-state index in [4.69, 9.17) is 5.73 Å². The number of fused-ring (bicyclic) bond motifs is 1. The van der Waals surface area contributed by atoms with Crippen LogP contribution in [0.25, 0.3) is 0 Å². The van der Waals surface area contributed by atoms with Gasteiger partial charge in [-0.15, -0.1) is 0 Å². The molecule has 2 N–H and O–H groups in total. The molecule has 1 aliphatic heterocycles. The summed E-state index contributed by atoms with van der Waals surface area (Å²) in [5.41, 5.74) is 7.78. The molecule has 1 fully saturated rings. The Morgan fingerprint density at radius 3 is 2.14 bits per heavy atom. The van der Waals surface area contributed by atoms with E-state index >= 15 is 0 Å².